The van der Waals surface area contributed by atoms with Gasteiger partial charge in [0, 0.05) is 0 Å². The van der Waals surface area contributed by atoms with Crippen molar-refractivity contribution in [2.45, 2.75) is 6.92 Å². The van der Waals surface area contributed by atoms with Gasteiger partial charge in [0.25, 0.3) is 5.91 Å². The van der Waals surface area contributed by atoms with Gasteiger partial charge in [0.05, 0.1) is 22.5 Å². The van der Waals surface area contributed by atoms with Crippen LogP contribution in [0.5, 0.6) is 0 Å². The zero-order valence-corrected chi connectivity index (χ0v) is 10.6. The number of nitrogens with one attached hydrogen (secondary N) is 1. The van der Waals surface area contributed by atoms with E-state index in [2.05, 4.69) is 10.3 Å². The molecule has 2 N–H and O–H groups in total. The Kier molecular flexibility index (Phi) is 3.57. The lowest BCUT2D eigenvalue weighted by atomic mass is 10.2. The van der Waals surface area contributed by atoms with Crippen molar-refractivity contribution in [2.75, 3.05) is 5.32 Å². The number of nitrogens with zero attached hydrogens (tertiary/aromatic N) is 1. The Morgan fingerprint density at radius 1 is 1.42 bits per heavy atom. The molecule has 0 aliphatic heterocycles. The summed E-state index contributed by atoms with van der Waals surface area (Å²) in [5.74, 6) is -2.50. The van der Waals surface area contributed by atoms with Crippen molar-refractivity contribution >= 4 is 28.9 Å². The number of benzene rings is 1. The molecule has 0 saturated carbocycles. The Bertz CT molecular complexity index is 654. The zero-order valence-electron chi connectivity index (χ0n) is 9.81. The van der Waals surface area contributed by atoms with E-state index >= 15 is 0 Å². The summed E-state index contributed by atoms with van der Waals surface area (Å²) in [5, 5.41) is 11.8. The van der Waals surface area contributed by atoms with E-state index in [0.29, 0.717) is 4.88 Å². The molecule has 1 aromatic carbocycles. The summed E-state index contributed by atoms with van der Waals surface area (Å²) in [6.07, 6.45) is 1.40. The fourth-order valence-corrected chi connectivity index (χ4v) is 2.07. The largest absolute Gasteiger partial charge is 0.478 e. The van der Waals surface area contributed by atoms with Crippen molar-refractivity contribution in [2.24, 2.45) is 0 Å². The maximum atomic E-state index is 13.6. The summed E-state index contributed by atoms with van der Waals surface area (Å²) in [6, 6.07) is 3.29. The third-order valence-corrected chi connectivity index (χ3v) is 3.22. The molecule has 0 spiro atoms. The normalized spacial score (nSPS) is 10.2. The van der Waals surface area contributed by atoms with Crippen molar-refractivity contribution in [3.63, 3.8) is 0 Å². The smallest absolute Gasteiger partial charge is 0.335 e. The van der Waals surface area contributed by atoms with Crippen LogP contribution in [0.1, 0.15) is 25.0 Å². The van der Waals surface area contributed by atoms with Crippen LogP contribution >= 0.6 is 11.3 Å². The minimum absolute atomic E-state index is 0.0685. The van der Waals surface area contributed by atoms with E-state index < -0.39 is 17.7 Å². The Morgan fingerprint density at radius 2 is 2.16 bits per heavy atom. The Balaban J connectivity index is 2.20. The first-order valence-corrected chi connectivity index (χ1v) is 6.05. The number of anilines is 1. The predicted molar refractivity (Wildman–Crippen MR) is 68.2 cm³/mol. The van der Waals surface area contributed by atoms with Crippen LogP contribution in [-0.2, 0) is 0 Å². The third kappa shape index (κ3) is 2.94. The van der Waals surface area contributed by atoms with E-state index in [-0.39, 0.29) is 11.3 Å². The minimum Gasteiger partial charge on any atom is -0.478 e. The molecule has 0 atom stereocenters. The average molecular weight is 280 g/mol. The maximum Gasteiger partial charge on any atom is 0.335 e. The van der Waals surface area contributed by atoms with Gasteiger partial charge in [-0.15, -0.1) is 11.3 Å². The van der Waals surface area contributed by atoms with Crippen molar-refractivity contribution < 1.29 is 19.1 Å². The maximum absolute atomic E-state index is 13.6. The molecule has 2 rings (SSSR count). The molecule has 1 aromatic heterocycles. The number of halogens is 1. The number of rotatable bonds is 3. The summed E-state index contributed by atoms with van der Waals surface area (Å²) in [6.45, 7) is 1.75. The molecule has 7 heteroatoms. The first kappa shape index (κ1) is 13.2. The van der Waals surface area contributed by atoms with Gasteiger partial charge in [-0.05, 0) is 25.1 Å². The molecule has 1 amide bonds. The first-order valence-electron chi connectivity index (χ1n) is 5.24. The summed E-state index contributed by atoms with van der Waals surface area (Å²) in [4.78, 5) is 26.7. The van der Waals surface area contributed by atoms with Gasteiger partial charge in [-0.1, -0.05) is 0 Å². The lowest BCUT2D eigenvalue weighted by Crippen LogP contribution is -2.12. The summed E-state index contributed by atoms with van der Waals surface area (Å²) in [7, 11) is 0. The third-order valence-electron chi connectivity index (χ3n) is 2.31. The van der Waals surface area contributed by atoms with Crippen molar-refractivity contribution in [3.8, 4) is 0 Å². The number of carboxylic acids is 1. The molecule has 0 radical (unpaired) electrons. The lowest BCUT2D eigenvalue weighted by Gasteiger charge is -2.05. The standard InChI is InChI=1S/C12H9FN2O3S/c1-6-14-5-10(19-6)11(16)15-9-3-2-7(12(17)18)4-8(9)13/h2-5H,1H3,(H,15,16)(H,17,18). The number of carbonyl (C=O) groups excluding carboxylic acids is 1. The highest BCUT2D eigenvalue weighted by atomic mass is 32.1. The summed E-state index contributed by atoms with van der Waals surface area (Å²) < 4.78 is 13.6. The molecule has 0 aliphatic rings. The number of hydrogen-bond donors (Lipinski definition) is 2. The molecular weight excluding hydrogens is 271 g/mol. The van der Waals surface area contributed by atoms with Crippen LogP contribution in [0.4, 0.5) is 10.1 Å². The van der Waals surface area contributed by atoms with Gasteiger partial charge in [0.15, 0.2) is 0 Å². The topological polar surface area (TPSA) is 79.3 Å². The van der Waals surface area contributed by atoms with Crippen LogP contribution in [0.2, 0.25) is 0 Å². The van der Waals surface area contributed by atoms with Crippen LogP contribution < -0.4 is 5.32 Å². The van der Waals surface area contributed by atoms with E-state index in [0.717, 1.165) is 11.1 Å². The molecule has 1 heterocycles. The Hall–Kier alpha value is -2.28. The van der Waals surface area contributed by atoms with Gasteiger partial charge < -0.3 is 10.4 Å². The summed E-state index contributed by atoms with van der Waals surface area (Å²) in [5.41, 5.74) is -0.245. The first-order chi connectivity index (χ1) is 8.97. The second-order valence-corrected chi connectivity index (χ2v) is 4.93. The van der Waals surface area contributed by atoms with E-state index in [4.69, 9.17) is 5.11 Å². The molecular formula is C12H9FN2O3S. The second kappa shape index (κ2) is 5.15. The number of carboxylic acid groups (broad SMARTS) is 1. The number of aromatic nitrogens is 1. The Morgan fingerprint density at radius 3 is 2.68 bits per heavy atom. The molecule has 0 fully saturated rings. The fourth-order valence-electron chi connectivity index (χ4n) is 1.40. The van der Waals surface area contributed by atoms with Crippen LogP contribution in [0.15, 0.2) is 24.4 Å². The number of amides is 1. The second-order valence-electron chi connectivity index (χ2n) is 3.70. The highest BCUT2D eigenvalue weighted by Crippen LogP contribution is 2.18. The highest BCUT2D eigenvalue weighted by Gasteiger charge is 2.13. The van der Waals surface area contributed by atoms with Crippen LogP contribution in [0.3, 0.4) is 0 Å². The SMILES string of the molecule is Cc1ncc(C(=O)Nc2ccc(C(=O)O)cc2F)s1. The molecule has 98 valence electrons. The van der Waals surface area contributed by atoms with Crippen LogP contribution in [0, 0.1) is 12.7 Å². The Labute approximate surface area is 111 Å². The number of thiazole rings is 1. The van der Waals surface area contributed by atoms with E-state index in [9.17, 15) is 14.0 Å². The van der Waals surface area contributed by atoms with E-state index in [1.807, 2.05) is 0 Å². The predicted octanol–water partition coefficient (Wildman–Crippen LogP) is 2.54. The lowest BCUT2D eigenvalue weighted by molar-refractivity contribution is 0.0696. The number of hydrogen-bond acceptors (Lipinski definition) is 4. The van der Waals surface area contributed by atoms with Crippen molar-refractivity contribution in [1.29, 1.82) is 0 Å². The number of carbonyl (C=O) groups is 2. The van der Waals surface area contributed by atoms with Gasteiger partial charge in [-0.3, -0.25) is 4.79 Å². The molecule has 0 bridgehead atoms. The van der Waals surface area contributed by atoms with Gasteiger partial charge in [-0.2, -0.15) is 0 Å². The van der Waals surface area contributed by atoms with Crippen LogP contribution in [0.25, 0.3) is 0 Å². The van der Waals surface area contributed by atoms with Gasteiger partial charge in [0.2, 0.25) is 0 Å². The van der Waals surface area contributed by atoms with E-state index in [1.54, 1.807) is 6.92 Å². The fraction of sp³-hybridized carbons (Fsp3) is 0.0833. The molecule has 0 saturated heterocycles. The van der Waals surface area contributed by atoms with Crippen molar-refractivity contribution in [1.82, 2.24) is 4.98 Å². The minimum atomic E-state index is -1.23. The van der Waals surface area contributed by atoms with Gasteiger partial charge in [-0.25, -0.2) is 14.2 Å². The molecule has 5 nitrogen and oxygen atoms in total. The van der Waals surface area contributed by atoms with Gasteiger partial charge in [0.1, 0.15) is 10.7 Å². The number of aromatic carboxylic acids is 1. The molecule has 0 aliphatic carbocycles. The highest BCUT2D eigenvalue weighted by molar-refractivity contribution is 7.13. The van der Waals surface area contributed by atoms with E-state index in [1.165, 1.54) is 29.7 Å². The molecule has 2 aromatic rings. The molecule has 19 heavy (non-hydrogen) atoms. The molecule has 0 unspecified atom stereocenters. The van der Waals surface area contributed by atoms with Crippen LogP contribution in [-0.4, -0.2) is 22.0 Å². The summed E-state index contributed by atoms with van der Waals surface area (Å²) >= 11 is 1.19. The average Bonchev–Trinajstić information content (AvgIpc) is 2.78. The zero-order chi connectivity index (χ0) is 14.0. The van der Waals surface area contributed by atoms with Crippen molar-refractivity contribution in [3.05, 3.63) is 45.7 Å². The monoisotopic (exact) mass is 280 g/mol. The number of aryl methyl sites for hydroxylation is 1. The quantitative estimate of drug-likeness (QED) is 0.905. The van der Waals surface area contributed by atoms with Gasteiger partial charge >= 0.3 is 5.97 Å².